The maximum absolute atomic E-state index is 14.6. The summed E-state index contributed by atoms with van der Waals surface area (Å²) in [6, 6.07) is 12.2. The lowest BCUT2D eigenvalue weighted by Crippen LogP contribution is -2.07. The lowest BCUT2D eigenvalue weighted by molar-refractivity contribution is 0.551. The van der Waals surface area contributed by atoms with Gasteiger partial charge in [0, 0.05) is 34.8 Å². The number of nitrogens with one attached hydrogen (secondary N) is 1. The largest absolute Gasteiger partial charge is 0.361 e. The van der Waals surface area contributed by atoms with E-state index in [2.05, 4.69) is 23.4 Å². The molecule has 1 aromatic heterocycles. The first-order chi connectivity index (χ1) is 12.6. The van der Waals surface area contributed by atoms with Crippen LogP contribution in [0.3, 0.4) is 0 Å². The highest BCUT2D eigenvalue weighted by atomic mass is 32.2. The highest BCUT2D eigenvalue weighted by Crippen LogP contribution is 2.52. The molecule has 5 heteroatoms. The van der Waals surface area contributed by atoms with Crippen molar-refractivity contribution in [1.29, 1.82) is 5.26 Å². The molecule has 1 aliphatic carbocycles. The molecule has 26 heavy (non-hydrogen) atoms. The van der Waals surface area contributed by atoms with Crippen molar-refractivity contribution in [1.82, 2.24) is 4.98 Å². The fourth-order valence-electron chi connectivity index (χ4n) is 3.89. The van der Waals surface area contributed by atoms with Crippen molar-refractivity contribution in [3.05, 3.63) is 70.9 Å². The monoisotopic (exact) mass is 368 g/mol. The lowest BCUT2D eigenvalue weighted by atomic mass is 9.85. The number of nitriles is 1. The summed E-state index contributed by atoms with van der Waals surface area (Å²) in [7, 11) is 0. The number of H-pyrrole nitrogens is 1. The molecule has 4 rings (SSSR count). The Morgan fingerprint density at radius 2 is 2.12 bits per heavy atom. The molecule has 1 N–H and O–H groups in total. The molecule has 3 atom stereocenters. The molecule has 0 spiro atoms. The fourth-order valence-corrected chi connectivity index (χ4v) is 4.44. The van der Waals surface area contributed by atoms with Crippen LogP contribution in [0.4, 0.5) is 8.78 Å². The number of halogens is 2. The van der Waals surface area contributed by atoms with E-state index in [0.29, 0.717) is 5.56 Å². The Balaban J connectivity index is 1.87. The minimum Gasteiger partial charge on any atom is -0.361 e. The number of rotatable bonds is 5. The van der Waals surface area contributed by atoms with Gasteiger partial charge in [0.1, 0.15) is 11.6 Å². The van der Waals surface area contributed by atoms with Crippen molar-refractivity contribution in [2.75, 3.05) is 6.26 Å². The van der Waals surface area contributed by atoms with Crippen molar-refractivity contribution >= 4 is 22.7 Å². The molecule has 0 saturated heterocycles. The number of fused-ring (bicyclic) bond motifs is 1. The van der Waals surface area contributed by atoms with Crippen molar-refractivity contribution in [2.24, 2.45) is 11.8 Å². The van der Waals surface area contributed by atoms with Crippen LogP contribution in [-0.2, 0) is 5.75 Å². The summed E-state index contributed by atoms with van der Waals surface area (Å²) >= 11 is 1.75. The Bertz CT molecular complexity index is 1000. The maximum Gasteiger partial charge on any atom is 0.129 e. The predicted octanol–water partition coefficient (Wildman–Crippen LogP) is 5.60. The Labute approximate surface area is 155 Å². The van der Waals surface area contributed by atoms with Gasteiger partial charge in [-0.2, -0.15) is 17.0 Å². The number of thioether (sulfide) groups is 1. The number of aromatic amines is 1. The van der Waals surface area contributed by atoms with Crippen molar-refractivity contribution in [3.8, 4) is 6.07 Å². The first kappa shape index (κ1) is 17.1. The van der Waals surface area contributed by atoms with Gasteiger partial charge < -0.3 is 4.98 Å². The molecular weight excluding hydrogens is 350 g/mol. The molecule has 2 nitrogen and oxygen atoms in total. The molecule has 1 saturated carbocycles. The van der Waals surface area contributed by atoms with E-state index in [4.69, 9.17) is 0 Å². The highest BCUT2D eigenvalue weighted by Gasteiger charge is 2.46. The molecule has 0 aliphatic heterocycles. The zero-order valence-corrected chi connectivity index (χ0v) is 15.1. The van der Waals surface area contributed by atoms with Crippen LogP contribution in [0.2, 0.25) is 0 Å². The molecule has 3 unspecified atom stereocenters. The van der Waals surface area contributed by atoms with Gasteiger partial charge in [-0.25, -0.2) is 8.78 Å². The van der Waals surface area contributed by atoms with Crippen LogP contribution >= 0.6 is 11.8 Å². The van der Waals surface area contributed by atoms with E-state index >= 15 is 0 Å². The van der Waals surface area contributed by atoms with Gasteiger partial charge in [0.25, 0.3) is 0 Å². The van der Waals surface area contributed by atoms with Crippen LogP contribution < -0.4 is 0 Å². The zero-order valence-electron chi connectivity index (χ0n) is 14.3. The average molecular weight is 368 g/mol. The summed E-state index contributed by atoms with van der Waals surface area (Å²) < 4.78 is 28.0. The molecule has 0 radical (unpaired) electrons. The fraction of sp³-hybridized carbons (Fsp3) is 0.286. The second-order valence-electron chi connectivity index (χ2n) is 6.80. The summed E-state index contributed by atoms with van der Waals surface area (Å²) in [5.41, 5.74) is 3.70. The Morgan fingerprint density at radius 3 is 2.81 bits per heavy atom. The highest BCUT2D eigenvalue weighted by molar-refractivity contribution is 7.97. The smallest absolute Gasteiger partial charge is 0.129 e. The number of benzene rings is 2. The van der Waals surface area contributed by atoms with Crippen LogP contribution in [0.25, 0.3) is 10.9 Å². The van der Waals surface area contributed by atoms with Gasteiger partial charge in [0.15, 0.2) is 0 Å². The Kier molecular flexibility index (Phi) is 4.46. The van der Waals surface area contributed by atoms with Crippen molar-refractivity contribution < 1.29 is 8.78 Å². The van der Waals surface area contributed by atoms with Gasteiger partial charge in [-0.15, -0.1) is 0 Å². The van der Waals surface area contributed by atoms with Crippen molar-refractivity contribution in [2.45, 2.75) is 18.1 Å². The molecule has 1 fully saturated rings. The topological polar surface area (TPSA) is 39.6 Å². The SMILES string of the molecule is CSCc1cccc2c(C(c3ccc(F)cc3F)C3CC3C#N)c[nH]c12. The van der Waals surface area contributed by atoms with Gasteiger partial charge in [0.05, 0.1) is 12.0 Å². The molecular formula is C21H18F2N2S. The molecule has 1 aliphatic rings. The van der Waals surface area contributed by atoms with E-state index < -0.39 is 11.6 Å². The molecule has 132 valence electrons. The lowest BCUT2D eigenvalue weighted by Gasteiger charge is -2.18. The number of hydrogen-bond donors (Lipinski definition) is 1. The third-order valence-electron chi connectivity index (χ3n) is 5.20. The van der Waals surface area contributed by atoms with Gasteiger partial charge in [-0.3, -0.25) is 0 Å². The van der Waals surface area contributed by atoms with Crippen LogP contribution in [-0.4, -0.2) is 11.2 Å². The summed E-state index contributed by atoms with van der Waals surface area (Å²) in [6.07, 6.45) is 4.73. The van der Waals surface area contributed by atoms with E-state index in [1.165, 1.54) is 17.7 Å². The van der Waals surface area contributed by atoms with E-state index in [0.717, 1.165) is 34.7 Å². The number of aromatic nitrogens is 1. The Morgan fingerprint density at radius 1 is 1.27 bits per heavy atom. The summed E-state index contributed by atoms with van der Waals surface area (Å²) in [5.74, 6) is -0.519. The first-order valence-corrected chi connectivity index (χ1v) is 9.95. The average Bonchev–Trinajstić information content (AvgIpc) is 3.28. The van der Waals surface area contributed by atoms with Crippen LogP contribution in [0.15, 0.2) is 42.6 Å². The number of hydrogen-bond acceptors (Lipinski definition) is 2. The van der Waals surface area contributed by atoms with E-state index in [1.807, 2.05) is 18.3 Å². The quantitative estimate of drug-likeness (QED) is 0.637. The maximum atomic E-state index is 14.6. The first-order valence-electron chi connectivity index (χ1n) is 8.56. The van der Waals surface area contributed by atoms with Gasteiger partial charge in [0.2, 0.25) is 0 Å². The molecule has 1 heterocycles. The summed E-state index contributed by atoms with van der Waals surface area (Å²) in [5, 5.41) is 10.3. The van der Waals surface area contributed by atoms with Crippen LogP contribution in [0.5, 0.6) is 0 Å². The standard InChI is InChI=1S/C21H18F2N2S/c1-26-11-12-3-2-4-15-18(10-25-21(12)15)20(17-7-13(17)9-24)16-6-5-14(22)8-19(16)23/h2-6,8,10,13,17,20,25H,7,11H2,1H3. The van der Waals surface area contributed by atoms with Gasteiger partial charge in [-0.05, 0) is 41.4 Å². The molecule has 2 aromatic carbocycles. The van der Waals surface area contributed by atoms with E-state index in [1.54, 1.807) is 11.8 Å². The second-order valence-corrected chi connectivity index (χ2v) is 7.66. The van der Waals surface area contributed by atoms with E-state index in [-0.39, 0.29) is 17.8 Å². The number of nitrogens with zero attached hydrogens (tertiary/aromatic N) is 1. The van der Waals surface area contributed by atoms with Crippen LogP contribution in [0.1, 0.15) is 29.0 Å². The van der Waals surface area contributed by atoms with Crippen LogP contribution in [0, 0.1) is 34.8 Å². The number of para-hydroxylation sites is 1. The van der Waals surface area contributed by atoms with E-state index in [9.17, 15) is 14.0 Å². The molecule has 3 aromatic rings. The summed E-state index contributed by atoms with van der Waals surface area (Å²) in [4.78, 5) is 3.35. The Hall–Kier alpha value is -2.32. The molecule has 0 bridgehead atoms. The minimum absolute atomic E-state index is 0.0585. The summed E-state index contributed by atoms with van der Waals surface area (Å²) in [6.45, 7) is 0. The molecule has 0 amide bonds. The van der Waals surface area contributed by atoms with Gasteiger partial charge in [-0.1, -0.05) is 24.3 Å². The third kappa shape index (κ3) is 2.89. The van der Waals surface area contributed by atoms with Gasteiger partial charge >= 0.3 is 0 Å². The predicted molar refractivity (Wildman–Crippen MR) is 101 cm³/mol. The third-order valence-corrected chi connectivity index (χ3v) is 5.80. The minimum atomic E-state index is -0.584. The second kappa shape index (κ2) is 6.77. The van der Waals surface area contributed by atoms with Crippen molar-refractivity contribution in [3.63, 3.8) is 0 Å². The zero-order chi connectivity index (χ0) is 18.3. The normalized spacial score (nSPS) is 20.1.